The molecule has 1 aromatic heterocycles. The average Bonchev–Trinajstić information content (AvgIpc) is 2.90. The molecule has 1 aliphatic heterocycles. The first-order chi connectivity index (χ1) is 8.85. The molecule has 1 N–H and O–H groups in total. The van der Waals surface area contributed by atoms with E-state index in [2.05, 4.69) is 22.1 Å². The molecule has 94 valence electrons. The van der Waals surface area contributed by atoms with Crippen LogP contribution in [0.5, 0.6) is 5.75 Å². The molecule has 1 saturated heterocycles. The molecule has 2 aromatic rings. The third-order valence-corrected chi connectivity index (χ3v) is 5.65. The summed E-state index contributed by atoms with van der Waals surface area (Å²) in [7, 11) is 2.27. The fourth-order valence-corrected chi connectivity index (χ4v) is 4.33. The predicted molar refractivity (Wildman–Crippen MR) is 75.0 cm³/mol. The Labute approximate surface area is 110 Å². The molecule has 1 fully saturated rings. The molecule has 2 atom stereocenters. The number of ether oxygens (including phenoxy) is 1. The molecule has 0 spiro atoms. The van der Waals surface area contributed by atoms with Gasteiger partial charge in [-0.1, -0.05) is 12.1 Å². The molecule has 0 saturated carbocycles. The molecule has 2 unspecified atom stereocenters. The van der Waals surface area contributed by atoms with Crippen molar-refractivity contribution in [2.24, 2.45) is 0 Å². The van der Waals surface area contributed by atoms with Gasteiger partial charge in [0.2, 0.25) is 0 Å². The van der Waals surface area contributed by atoms with E-state index in [9.17, 15) is 0 Å². The minimum atomic E-state index is 0.564. The van der Waals surface area contributed by atoms with Gasteiger partial charge >= 0.3 is 0 Å². The zero-order chi connectivity index (χ0) is 12.4. The van der Waals surface area contributed by atoms with Crippen LogP contribution in [0, 0.1) is 0 Å². The van der Waals surface area contributed by atoms with Crippen molar-refractivity contribution in [3.8, 4) is 5.75 Å². The summed E-state index contributed by atoms with van der Waals surface area (Å²) in [5.74, 6) is 3.51. The molecule has 1 aromatic carbocycles. The van der Waals surface area contributed by atoms with E-state index in [1.54, 1.807) is 13.4 Å². The van der Waals surface area contributed by atoms with Gasteiger partial charge < -0.3 is 9.72 Å². The standard InChI is InChI=1S/C14H17N2OS/c1-17-13-4-2-11(3-5-13)8-18-9-14(18)6-12-7-15-10-16-12/h2-5,7,10,14H,6,8-9H2,1H3,(H,15,16)/q+1. The van der Waals surface area contributed by atoms with Crippen molar-refractivity contribution >= 4 is 10.9 Å². The van der Waals surface area contributed by atoms with Gasteiger partial charge in [-0.25, -0.2) is 4.98 Å². The Morgan fingerprint density at radius 2 is 2.22 bits per heavy atom. The highest BCUT2D eigenvalue weighted by Crippen LogP contribution is 2.31. The summed E-state index contributed by atoms with van der Waals surface area (Å²) in [4.78, 5) is 7.25. The van der Waals surface area contributed by atoms with Crippen molar-refractivity contribution in [1.29, 1.82) is 0 Å². The normalized spacial score (nSPS) is 21.8. The van der Waals surface area contributed by atoms with E-state index in [4.69, 9.17) is 4.74 Å². The third kappa shape index (κ3) is 2.70. The number of aromatic nitrogens is 2. The number of methoxy groups -OCH3 is 1. The van der Waals surface area contributed by atoms with Gasteiger partial charge in [-0.3, -0.25) is 0 Å². The van der Waals surface area contributed by atoms with Gasteiger partial charge in [-0.2, -0.15) is 0 Å². The van der Waals surface area contributed by atoms with Crippen LogP contribution < -0.4 is 4.74 Å². The second-order valence-electron chi connectivity index (χ2n) is 4.60. The maximum Gasteiger partial charge on any atom is 0.168 e. The lowest BCUT2D eigenvalue weighted by Crippen LogP contribution is -1.98. The van der Waals surface area contributed by atoms with E-state index in [0.29, 0.717) is 10.9 Å². The lowest BCUT2D eigenvalue weighted by Gasteiger charge is -1.99. The maximum atomic E-state index is 5.17. The Morgan fingerprint density at radius 3 is 2.89 bits per heavy atom. The summed E-state index contributed by atoms with van der Waals surface area (Å²) in [6.07, 6.45) is 4.85. The maximum absolute atomic E-state index is 5.17. The molecular weight excluding hydrogens is 244 g/mol. The highest BCUT2D eigenvalue weighted by Gasteiger charge is 2.49. The van der Waals surface area contributed by atoms with Crippen LogP contribution in [0.1, 0.15) is 11.3 Å². The molecule has 18 heavy (non-hydrogen) atoms. The van der Waals surface area contributed by atoms with Crippen LogP contribution in [0.3, 0.4) is 0 Å². The minimum Gasteiger partial charge on any atom is -0.497 e. The van der Waals surface area contributed by atoms with E-state index in [1.807, 2.05) is 18.3 Å². The van der Waals surface area contributed by atoms with E-state index < -0.39 is 0 Å². The van der Waals surface area contributed by atoms with Gasteiger partial charge in [-0.15, -0.1) is 0 Å². The van der Waals surface area contributed by atoms with Crippen molar-refractivity contribution < 1.29 is 4.74 Å². The van der Waals surface area contributed by atoms with Crippen LogP contribution in [-0.2, 0) is 23.1 Å². The molecule has 0 bridgehead atoms. The van der Waals surface area contributed by atoms with Gasteiger partial charge in [0, 0.05) is 34.8 Å². The Bertz CT molecular complexity index is 495. The summed E-state index contributed by atoms with van der Waals surface area (Å²) < 4.78 is 5.17. The first kappa shape index (κ1) is 11.7. The van der Waals surface area contributed by atoms with Crippen LogP contribution >= 0.6 is 0 Å². The fourth-order valence-electron chi connectivity index (χ4n) is 2.13. The van der Waals surface area contributed by atoms with Crippen molar-refractivity contribution in [2.45, 2.75) is 17.4 Å². The Kier molecular flexibility index (Phi) is 3.28. The van der Waals surface area contributed by atoms with Crippen molar-refractivity contribution in [3.05, 3.63) is 48.0 Å². The second-order valence-corrected chi connectivity index (χ2v) is 6.96. The van der Waals surface area contributed by atoms with Gasteiger partial charge in [0.1, 0.15) is 11.5 Å². The van der Waals surface area contributed by atoms with Crippen LogP contribution in [0.15, 0.2) is 36.8 Å². The summed E-state index contributed by atoms with van der Waals surface area (Å²) in [6.45, 7) is 0. The largest absolute Gasteiger partial charge is 0.497 e. The molecule has 0 aliphatic carbocycles. The highest BCUT2D eigenvalue weighted by atomic mass is 32.2. The van der Waals surface area contributed by atoms with Crippen molar-refractivity contribution in [1.82, 2.24) is 9.97 Å². The number of nitrogens with one attached hydrogen (secondary N) is 1. The number of rotatable bonds is 5. The first-order valence-electron chi connectivity index (χ1n) is 6.11. The SMILES string of the molecule is COc1ccc(C[S+]2CC2Cc2cnc[nH]2)cc1. The lowest BCUT2D eigenvalue weighted by molar-refractivity contribution is 0.414. The van der Waals surface area contributed by atoms with E-state index in [1.165, 1.54) is 22.8 Å². The van der Waals surface area contributed by atoms with Gasteiger partial charge in [0.05, 0.1) is 13.4 Å². The molecule has 0 amide bonds. The quantitative estimate of drug-likeness (QED) is 0.661. The number of hydrogen-bond donors (Lipinski definition) is 1. The number of aromatic amines is 1. The topological polar surface area (TPSA) is 37.9 Å². The van der Waals surface area contributed by atoms with E-state index in [0.717, 1.165) is 17.4 Å². The fraction of sp³-hybridized carbons (Fsp3) is 0.357. The minimum absolute atomic E-state index is 0.564. The third-order valence-electron chi connectivity index (χ3n) is 3.27. The Hall–Kier alpha value is -1.42. The van der Waals surface area contributed by atoms with Gasteiger partial charge in [-0.05, 0) is 12.1 Å². The molecule has 4 heteroatoms. The van der Waals surface area contributed by atoms with Gasteiger partial charge in [0.25, 0.3) is 0 Å². The zero-order valence-corrected chi connectivity index (χ0v) is 11.2. The van der Waals surface area contributed by atoms with Gasteiger partial charge in [0.15, 0.2) is 11.0 Å². The van der Waals surface area contributed by atoms with Crippen molar-refractivity contribution in [2.75, 3.05) is 12.9 Å². The monoisotopic (exact) mass is 261 g/mol. The number of benzene rings is 1. The summed E-state index contributed by atoms with van der Waals surface area (Å²) in [6, 6.07) is 8.45. The van der Waals surface area contributed by atoms with Crippen LogP contribution in [0.25, 0.3) is 0 Å². The molecule has 2 heterocycles. The van der Waals surface area contributed by atoms with Crippen molar-refractivity contribution in [3.63, 3.8) is 0 Å². The average molecular weight is 261 g/mol. The first-order valence-corrected chi connectivity index (χ1v) is 7.74. The Morgan fingerprint density at radius 1 is 1.39 bits per heavy atom. The van der Waals surface area contributed by atoms with Crippen LogP contribution in [-0.4, -0.2) is 28.1 Å². The number of H-pyrrole nitrogens is 1. The number of hydrogen-bond acceptors (Lipinski definition) is 2. The lowest BCUT2D eigenvalue weighted by atomic mass is 10.2. The number of imidazole rings is 1. The molecule has 3 nitrogen and oxygen atoms in total. The Balaban J connectivity index is 1.52. The smallest absolute Gasteiger partial charge is 0.168 e. The predicted octanol–water partition coefficient (Wildman–Crippen LogP) is 2.16. The number of nitrogens with zero attached hydrogens (tertiary/aromatic N) is 1. The second kappa shape index (κ2) is 5.06. The molecule has 3 rings (SSSR count). The van der Waals surface area contributed by atoms with Crippen LogP contribution in [0.4, 0.5) is 0 Å². The zero-order valence-electron chi connectivity index (χ0n) is 10.4. The van der Waals surface area contributed by atoms with E-state index >= 15 is 0 Å². The summed E-state index contributed by atoms with van der Waals surface area (Å²) in [5.41, 5.74) is 2.69. The molecule has 0 radical (unpaired) electrons. The summed E-state index contributed by atoms with van der Waals surface area (Å²) >= 11 is 0. The van der Waals surface area contributed by atoms with E-state index in [-0.39, 0.29) is 0 Å². The molecular formula is C14H17N2OS+. The summed E-state index contributed by atoms with van der Waals surface area (Å²) in [5, 5.41) is 0.854. The molecule has 1 aliphatic rings. The van der Waals surface area contributed by atoms with Crippen LogP contribution in [0.2, 0.25) is 0 Å². The highest BCUT2D eigenvalue weighted by molar-refractivity contribution is 8.03.